The molecule has 8 rings (SSSR count). The van der Waals surface area contributed by atoms with E-state index in [0.717, 1.165) is 31.7 Å². The van der Waals surface area contributed by atoms with Crippen LogP contribution in [0.3, 0.4) is 0 Å². The molecule has 25 heteroatoms. The van der Waals surface area contributed by atoms with Gasteiger partial charge in [0.15, 0.2) is 23.8 Å². The number of rotatable bonds is 14. The van der Waals surface area contributed by atoms with E-state index in [1.54, 1.807) is 0 Å². The minimum absolute atomic E-state index is 0.0329. The fourth-order valence-electron chi connectivity index (χ4n) is 7.28. The summed E-state index contributed by atoms with van der Waals surface area (Å²) >= 11 is 0. The Morgan fingerprint density at radius 2 is 1.62 bits per heavy atom. The number of aliphatic hydroxyl groups is 1. The summed E-state index contributed by atoms with van der Waals surface area (Å²) in [5.41, 5.74) is 18.1. The monoisotopic (exact) mass is 883 g/mol. The highest BCUT2D eigenvalue weighted by molar-refractivity contribution is 7.47. The molecule has 9 atom stereocenters. The summed E-state index contributed by atoms with van der Waals surface area (Å²) < 4.78 is 60.2. The number of ether oxygens (including phenoxy) is 3. The van der Waals surface area contributed by atoms with Crippen LogP contribution in [0, 0.1) is 0 Å². The normalized spacial score (nSPS) is 24.6. The van der Waals surface area contributed by atoms with Crippen molar-refractivity contribution < 1.29 is 61.5 Å². The predicted molar refractivity (Wildman–Crippen MR) is 213 cm³/mol. The first-order valence-corrected chi connectivity index (χ1v) is 21.5. The van der Waals surface area contributed by atoms with Gasteiger partial charge in [0.05, 0.1) is 19.5 Å². The second-order valence-electron chi connectivity index (χ2n) is 14.3. The Kier molecular flexibility index (Phi) is 11.8. The molecule has 2 aliphatic rings. The molecule has 6 aromatic rings. The van der Waals surface area contributed by atoms with Gasteiger partial charge in [-0.2, -0.15) is 4.98 Å². The lowest BCUT2D eigenvalue weighted by Crippen LogP contribution is -2.43. The molecule has 0 amide bonds. The molecule has 2 aliphatic heterocycles. The number of hydrogen-bond donors (Lipinski definition) is 7. The number of nitrogens with two attached hydrogens (primary N) is 3. The number of fused-ring (bicyclic) bond motifs is 3. The molecule has 5 heterocycles. The Balaban J connectivity index is 0.998. The number of aliphatic hydroxyl groups excluding tert-OH is 1. The SMILES string of the molecule is Nc1ccn([C@H]2C[C@H](OP(=O)(O)OC[C@H]3O[C@@H](n4cnc5c(N)ncnc54)[C@H](O)[C@@H]3OC(=O)C(N)Cc3ccc4cc5ccccc5cc4c3)[C@@H](COP(=O)(O)O)O2)c(=O)n1. The Morgan fingerprint density at radius 1 is 0.902 bits per heavy atom. The number of carbonyl (C=O) groups is 1. The van der Waals surface area contributed by atoms with E-state index in [-0.39, 0.29) is 35.6 Å². The first kappa shape index (κ1) is 42.4. The summed E-state index contributed by atoms with van der Waals surface area (Å²) in [7, 11) is -10.2. The molecular formula is C36H39N9O14P2. The van der Waals surface area contributed by atoms with Gasteiger partial charge in [0, 0.05) is 12.6 Å². The molecule has 3 aromatic heterocycles. The zero-order valence-electron chi connectivity index (χ0n) is 31.6. The summed E-state index contributed by atoms with van der Waals surface area (Å²) in [6.45, 7) is -1.66. The maximum absolute atomic E-state index is 13.6. The number of nitrogen functional groups attached to an aromatic ring is 2. The van der Waals surface area contributed by atoms with Crippen LogP contribution in [0.4, 0.5) is 11.6 Å². The third-order valence-electron chi connectivity index (χ3n) is 10.2. The Labute approximate surface area is 343 Å². The van der Waals surface area contributed by atoms with Gasteiger partial charge < -0.3 is 51.2 Å². The average Bonchev–Trinajstić information content (AvgIpc) is 3.90. The number of hydrogen-bond acceptors (Lipinski definition) is 18. The van der Waals surface area contributed by atoms with Gasteiger partial charge in [-0.3, -0.25) is 27.5 Å². The van der Waals surface area contributed by atoms with E-state index in [4.69, 9.17) is 40.5 Å². The maximum atomic E-state index is 13.6. The topological polar surface area (TPSA) is 344 Å². The summed E-state index contributed by atoms with van der Waals surface area (Å²) in [6, 6.07) is 17.7. The van der Waals surface area contributed by atoms with Gasteiger partial charge in [-0.25, -0.2) is 28.9 Å². The number of phosphoric ester groups is 2. The minimum atomic E-state index is -5.18. The van der Waals surface area contributed by atoms with Crippen molar-refractivity contribution in [3.8, 4) is 0 Å². The van der Waals surface area contributed by atoms with Crippen molar-refractivity contribution in [1.82, 2.24) is 29.1 Å². The number of nitrogens with zero attached hydrogens (tertiary/aromatic N) is 6. The average molecular weight is 884 g/mol. The Hall–Kier alpha value is -5.26. The smallest absolute Gasteiger partial charge is 0.455 e. The van der Waals surface area contributed by atoms with E-state index in [1.165, 1.54) is 29.5 Å². The highest BCUT2D eigenvalue weighted by atomic mass is 31.2. The van der Waals surface area contributed by atoms with Crippen LogP contribution in [-0.4, -0.2) is 105 Å². The van der Waals surface area contributed by atoms with Crippen LogP contribution in [0.1, 0.15) is 24.4 Å². The third kappa shape index (κ3) is 9.33. The predicted octanol–water partition coefficient (Wildman–Crippen LogP) is 1.19. The lowest BCUT2D eigenvalue weighted by atomic mass is 9.99. The fourth-order valence-corrected chi connectivity index (χ4v) is 8.58. The van der Waals surface area contributed by atoms with E-state index in [1.807, 2.05) is 48.5 Å². The summed E-state index contributed by atoms with van der Waals surface area (Å²) in [4.78, 5) is 71.6. The minimum Gasteiger partial charge on any atom is -0.455 e. The van der Waals surface area contributed by atoms with Gasteiger partial charge in [-0.15, -0.1) is 0 Å². The first-order chi connectivity index (χ1) is 29.0. The van der Waals surface area contributed by atoms with Crippen LogP contribution in [0.15, 0.2) is 84.3 Å². The van der Waals surface area contributed by atoms with Crippen LogP contribution in [0.2, 0.25) is 0 Å². The van der Waals surface area contributed by atoms with Gasteiger partial charge in [0.25, 0.3) is 0 Å². The molecule has 322 valence electrons. The van der Waals surface area contributed by atoms with E-state index in [2.05, 4.69) is 30.5 Å². The molecule has 23 nitrogen and oxygen atoms in total. The number of anilines is 2. The summed E-state index contributed by atoms with van der Waals surface area (Å²) in [5, 5.41) is 15.6. The molecule has 0 bridgehead atoms. The lowest BCUT2D eigenvalue weighted by Gasteiger charge is -2.24. The number of aromatic nitrogens is 6. The van der Waals surface area contributed by atoms with Gasteiger partial charge in [-0.1, -0.05) is 42.5 Å². The molecule has 2 unspecified atom stereocenters. The standard InChI is InChI=1S/C36H39N9O14P2/c37-23(10-18-5-6-21-11-19-3-1-2-4-20(19)12-22(21)9-18)35(47)58-31-26(57-34(30(31)46)45-17-42-29-32(39)40-16-41-33(29)45)15-55-61(52,53)59-24-13-28(44-8-7-27(38)43-36(44)48)56-25(24)14-54-60(49,50)51/h1-9,11-12,16-17,23-26,28,30-31,34,46H,10,13-15,37H2,(H,52,53)(H2,38,43,48)(H2,39,40,41)(H2,49,50,51)/t23?,24-,25+,26+,28+,30+,31+,34+/m0/s1. The van der Waals surface area contributed by atoms with Crippen molar-refractivity contribution in [2.75, 3.05) is 24.7 Å². The second kappa shape index (κ2) is 16.9. The van der Waals surface area contributed by atoms with Crippen molar-refractivity contribution >= 4 is 66.0 Å². The summed E-state index contributed by atoms with van der Waals surface area (Å²) in [6.07, 6.45) is -6.70. The maximum Gasteiger partial charge on any atom is 0.472 e. The van der Waals surface area contributed by atoms with Crippen molar-refractivity contribution in [3.05, 3.63) is 95.6 Å². The van der Waals surface area contributed by atoms with Crippen LogP contribution in [0.25, 0.3) is 32.7 Å². The number of esters is 1. The fraction of sp³-hybridized carbons (Fsp3) is 0.333. The zero-order valence-corrected chi connectivity index (χ0v) is 33.4. The Bertz CT molecular complexity index is 2770. The number of carbonyl (C=O) groups excluding carboxylic acids is 1. The molecule has 0 spiro atoms. The molecule has 61 heavy (non-hydrogen) atoms. The van der Waals surface area contributed by atoms with Gasteiger partial charge in [0.1, 0.15) is 54.3 Å². The number of imidazole rings is 1. The molecule has 10 N–H and O–H groups in total. The first-order valence-electron chi connectivity index (χ1n) is 18.5. The van der Waals surface area contributed by atoms with E-state index in [0.29, 0.717) is 0 Å². The van der Waals surface area contributed by atoms with Crippen LogP contribution in [-0.2, 0) is 48.1 Å². The van der Waals surface area contributed by atoms with Gasteiger partial charge in [-0.05, 0) is 51.7 Å². The zero-order chi connectivity index (χ0) is 43.2. The van der Waals surface area contributed by atoms with Crippen LogP contribution >= 0.6 is 15.6 Å². The summed E-state index contributed by atoms with van der Waals surface area (Å²) in [5.74, 6) is -0.992. The molecule has 0 aliphatic carbocycles. The Morgan fingerprint density at radius 3 is 2.36 bits per heavy atom. The molecular weight excluding hydrogens is 844 g/mol. The molecule has 2 saturated heterocycles. The second-order valence-corrected chi connectivity index (χ2v) is 17.0. The lowest BCUT2D eigenvalue weighted by molar-refractivity contribution is -0.158. The van der Waals surface area contributed by atoms with Crippen molar-refractivity contribution in [2.24, 2.45) is 5.73 Å². The van der Waals surface area contributed by atoms with Crippen LogP contribution < -0.4 is 22.9 Å². The number of benzene rings is 3. The van der Waals surface area contributed by atoms with E-state index < -0.39 is 89.5 Å². The highest BCUT2D eigenvalue weighted by Gasteiger charge is 2.50. The van der Waals surface area contributed by atoms with Crippen molar-refractivity contribution in [1.29, 1.82) is 0 Å². The highest BCUT2D eigenvalue weighted by Crippen LogP contribution is 2.50. The molecule has 2 fully saturated rings. The van der Waals surface area contributed by atoms with E-state index >= 15 is 0 Å². The van der Waals surface area contributed by atoms with E-state index in [9.17, 15) is 38.5 Å². The molecule has 3 aromatic carbocycles. The number of phosphoric acid groups is 2. The van der Waals surface area contributed by atoms with Gasteiger partial charge in [0.2, 0.25) is 0 Å². The van der Waals surface area contributed by atoms with Crippen molar-refractivity contribution in [3.63, 3.8) is 0 Å². The molecule has 0 saturated carbocycles. The van der Waals surface area contributed by atoms with Gasteiger partial charge >= 0.3 is 27.3 Å². The molecule has 0 radical (unpaired) electrons. The van der Waals surface area contributed by atoms with Crippen molar-refractivity contribution in [2.45, 2.75) is 61.9 Å². The van der Waals surface area contributed by atoms with Crippen LogP contribution in [0.5, 0.6) is 0 Å². The third-order valence-corrected chi connectivity index (χ3v) is 11.7. The quantitative estimate of drug-likeness (QED) is 0.0459. The largest absolute Gasteiger partial charge is 0.472 e.